The third-order valence-corrected chi connectivity index (χ3v) is 3.40. The maximum absolute atomic E-state index is 12.5. The van der Waals surface area contributed by atoms with Crippen LogP contribution in [0.15, 0.2) is 30.3 Å². The summed E-state index contributed by atoms with van der Waals surface area (Å²) < 4.78 is 0. The number of anilines is 2. The van der Waals surface area contributed by atoms with Gasteiger partial charge in [-0.1, -0.05) is 0 Å². The van der Waals surface area contributed by atoms with Gasteiger partial charge in [-0.25, -0.2) is 0 Å². The second-order valence-corrected chi connectivity index (χ2v) is 4.64. The molecular weight excluding hydrogens is 274 g/mol. The van der Waals surface area contributed by atoms with E-state index in [0.717, 1.165) is 6.07 Å². The Morgan fingerprint density at radius 3 is 2.24 bits per heavy atom. The third-order valence-electron chi connectivity index (χ3n) is 3.40. The predicted octanol–water partition coefficient (Wildman–Crippen LogP) is 1.53. The van der Waals surface area contributed by atoms with E-state index in [2.05, 4.69) is 0 Å². The zero-order valence-electron chi connectivity index (χ0n) is 10.6. The van der Waals surface area contributed by atoms with Gasteiger partial charge in [0.15, 0.2) is 5.78 Å². The van der Waals surface area contributed by atoms with Crippen LogP contribution in [-0.2, 0) is 0 Å². The molecular formula is C14H9N3O4. The van der Waals surface area contributed by atoms with Crippen LogP contribution in [0.1, 0.15) is 31.8 Å². The summed E-state index contributed by atoms with van der Waals surface area (Å²) in [4.78, 5) is 35.4. The van der Waals surface area contributed by atoms with E-state index in [1.54, 1.807) is 0 Å². The first-order valence-corrected chi connectivity index (χ1v) is 5.97. The molecule has 3 rings (SSSR count). The molecule has 0 saturated carbocycles. The van der Waals surface area contributed by atoms with Gasteiger partial charge in [-0.05, 0) is 24.3 Å². The number of carbonyl (C=O) groups excluding carboxylic acids is 2. The Bertz CT molecular complexity index is 842. The average molecular weight is 283 g/mol. The number of benzene rings is 2. The molecule has 1 aliphatic carbocycles. The van der Waals surface area contributed by atoms with Crippen molar-refractivity contribution < 1.29 is 14.5 Å². The highest BCUT2D eigenvalue weighted by Gasteiger charge is 2.37. The first kappa shape index (κ1) is 12.8. The molecule has 0 heterocycles. The molecule has 0 saturated heterocycles. The Morgan fingerprint density at radius 2 is 1.57 bits per heavy atom. The second kappa shape index (κ2) is 4.14. The van der Waals surface area contributed by atoms with Crippen LogP contribution in [-0.4, -0.2) is 16.5 Å². The number of hydrogen-bond acceptors (Lipinski definition) is 6. The summed E-state index contributed by atoms with van der Waals surface area (Å²) in [7, 11) is 0. The molecule has 4 N–H and O–H groups in total. The maximum Gasteiger partial charge on any atom is 0.281 e. The molecule has 104 valence electrons. The predicted molar refractivity (Wildman–Crippen MR) is 75.2 cm³/mol. The van der Waals surface area contributed by atoms with Gasteiger partial charge < -0.3 is 11.5 Å². The Kier molecular flexibility index (Phi) is 2.52. The van der Waals surface area contributed by atoms with Crippen LogP contribution >= 0.6 is 0 Å². The van der Waals surface area contributed by atoms with E-state index in [-0.39, 0.29) is 27.9 Å². The number of hydrogen-bond donors (Lipinski definition) is 2. The lowest BCUT2D eigenvalue weighted by Gasteiger charge is -2.19. The van der Waals surface area contributed by atoms with Gasteiger partial charge in [0, 0.05) is 28.6 Å². The smallest absolute Gasteiger partial charge is 0.281 e. The van der Waals surface area contributed by atoms with Gasteiger partial charge in [-0.2, -0.15) is 0 Å². The fraction of sp³-hybridized carbons (Fsp3) is 0. The number of nitro benzene ring substituents is 1. The molecule has 0 spiro atoms. The van der Waals surface area contributed by atoms with E-state index in [0.29, 0.717) is 5.69 Å². The summed E-state index contributed by atoms with van der Waals surface area (Å²) in [6, 6.07) is 6.60. The maximum atomic E-state index is 12.5. The molecule has 1 aliphatic rings. The minimum atomic E-state index is -0.703. The lowest BCUT2D eigenvalue weighted by molar-refractivity contribution is -0.385. The van der Waals surface area contributed by atoms with Gasteiger partial charge in [0.1, 0.15) is 5.56 Å². The lowest BCUT2D eigenvalue weighted by Crippen LogP contribution is -2.23. The molecule has 0 fully saturated rings. The summed E-state index contributed by atoms with van der Waals surface area (Å²) in [5.74, 6) is -1.13. The summed E-state index contributed by atoms with van der Waals surface area (Å²) in [5, 5.41) is 11.1. The van der Waals surface area contributed by atoms with Crippen LogP contribution in [0.3, 0.4) is 0 Å². The average Bonchev–Trinajstić information content (AvgIpc) is 2.44. The highest BCUT2D eigenvalue weighted by molar-refractivity contribution is 6.31. The van der Waals surface area contributed by atoms with E-state index in [1.807, 2.05) is 0 Å². The molecule has 7 heteroatoms. The largest absolute Gasteiger partial charge is 0.399 e. The highest BCUT2D eigenvalue weighted by Crippen LogP contribution is 2.36. The quantitative estimate of drug-likeness (QED) is 0.396. The molecule has 21 heavy (non-hydrogen) atoms. The minimum Gasteiger partial charge on any atom is -0.399 e. The van der Waals surface area contributed by atoms with E-state index < -0.39 is 22.2 Å². The zero-order chi connectivity index (χ0) is 15.3. The van der Waals surface area contributed by atoms with E-state index in [4.69, 9.17) is 11.5 Å². The Labute approximate surface area is 118 Å². The first-order chi connectivity index (χ1) is 9.91. The molecule has 0 bridgehead atoms. The van der Waals surface area contributed by atoms with Crippen LogP contribution in [0.5, 0.6) is 0 Å². The normalized spacial score (nSPS) is 12.8. The van der Waals surface area contributed by atoms with Gasteiger partial charge in [-0.15, -0.1) is 0 Å². The van der Waals surface area contributed by atoms with Crippen molar-refractivity contribution in [1.82, 2.24) is 0 Å². The van der Waals surface area contributed by atoms with Crippen molar-refractivity contribution >= 4 is 28.6 Å². The van der Waals surface area contributed by atoms with Crippen LogP contribution in [0, 0.1) is 10.1 Å². The van der Waals surface area contributed by atoms with Crippen molar-refractivity contribution in [2.75, 3.05) is 11.5 Å². The number of rotatable bonds is 1. The second-order valence-electron chi connectivity index (χ2n) is 4.64. The first-order valence-electron chi connectivity index (χ1n) is 5.97. The molecule has 0 aliphatic heterocycles. The van der Waals surface area contributed by atoms with Crippen LogP contribution in [0.2, 0.25) is 0 Å². The molecule has 7 nitrogen and oxygen atoms in total. The summed E-state index contributed by atoms with van der Waals surface area (Å²) in [6.07, 6.45) is 0. The topological polar surface area (TPSA) is 129 Å². The summed E-state index contributed by atoms with van der Waals surface area (Å²) in [6.45, 7) is 0. The number of fused-ring (bicyclic) bond motifs is 2. The highest BCUT2D eigenvalue weighted by atomic mass is 16.6. The van der Waals surface area contributed by atoms with Crippen LogP contribution in [0.4, 0.5) is 17.1 Å². The molecule has 0 radical (unpaired) electrons. The van der Waals surface area contributed by atoms with Crippen LogP contribution < -0.4 is 11.5 Å². The molecule has 2 aromatic rings. The molecule has 0 unspecified atom stereocenters. The Hall–Kier alpha value is -3.22. The van der Waals surface area contributed by atoms with Crippen LogP contribution in [0.25, 0.3) is 0 Å². The number of nitrogens with zero attached hydrogens (tertiary/aromatic N) is 1. The van der Waals surface area contributed by atoms with Gasteiger partial charge in [0.2, 0.25) is 5.78 Å². The Balaban J connectivity index is 2.40. The fourth-order valence-corrected chi connectivity index (χ4v) is 2.45. The standard InChI is InChI=1S/C14H9N3O4/c15-6-1-2-7-8(5-6)14(19)11-9(16)3-4-10(17(20)21)12(11)13(7)18/h1-5H,15-16H2. The molecule has 0 aromatic heterocycles. The SMILES string of the molecule is Nc1ccc2c(c1)C(=O)c1c(N)ccc([N+](=O)[O-])c1C2=O. The van der Waals surface area contributed by atoms with E-state index >= 15 is 0 Å². The molecule has 0 atom stereocenters. The van der Waals surface area contributed by atoms with Gasteiger partial charge in [-0.3, -0.25) is 19.7 Å². The van der Waals surface area contributed by atoms with Crippen molar-refractivity contribution in [2.45, 2.75) is 0 Å². The minimum absolute atomic E-state index is 0.0297. The zero-order valence-corrected chi connectivity index (χ0v) is 10.6. The van der Waals surface area contributed by atoms with Gasteiger partial charge in [0.05, 0.1) is 10.5 Å². The molecule has 0 amide bonds. The van der Waals surface area contributed by atoms with Crippen molar-refractivity contribution in [3.63, 3.8) is 0 Å². The summed E-state index contributed by atoms with van der Waals surface area (Å²) >= 11 is 0. The third kappa shape index (κ3) is 1.68. The number of ketones is 2. The number of nitro groups is 1. The van der Waals surface area contributed by atoms with Crippen molar-refractivity contribution in [3.8, 4) is 0 Å². The number of carbonyl (C=O) groups is 2. The number of nitrogen functional groups attached to an aromatic ring is 2. The fourth-order valence-electron chi connectivity index (χ4n) is 2.45. The van der Waals surface area contributed by atoms with Crippen molar-refractivity contribution in [3.05, 3.63) is 62.7 Å². The Morgan fingerprint density at radius 1 is 0.905 bits per heavy atom. The number of nitrogens with two attached hydrogens (primary N) is 2. The van der Waals surface area contributed by atoms with Crippen molar-refractivity contribution in [2.24, 2.45) is 0 Å². The van der Waals surface area contributed by atoms with E-state index in [9.17, 15) is 19.7 Å². The van der Waals surface area contributed by atoms with Crippen molar-refractivity contribution in [1.29, 1.82) is 0 Å². The lowest BCUT2D eigenvalue weighted by atomic mass is 9.82. The van der Waals surface area contributed by atoms with E-state index in [1.165, 1.54) is 24.3 Å². The molecule has 2 aromatic carbocycles. The van der Waals surface area contributed by atoms with Gasteiger partial charge in [0.25, 0.3) is 5.69 Å². The monoisotopic (exact) mass is 283 g/mol. The summed E-state index contributed by atoms with van der Waals surface area (Å²) in [5.41, 5.74) is 11.1. The van der Waals surface area contributed by atoms with Gasteiger partial charge >= 0.3 is 0 Å².